The molecule has 0 radical (unpaired) electrons. The monoisotopic (exact) mass is 325 g/mol. The zero-order chi connectivity index (χ0) is 14.0. The first-order valence-electron chi connectivity index (χ1n) is 5.56. The van der Waals surface area contributed by atoms with Crippen molar-refractivity contribution in [2.75, 3.05) is 0 Å². The molecule has 0 aliphatic heterocycles. The lowest BCUT2D eigenvalue weighted by Gasteiger charge is -2.09. The molecule has 0 atom stereocenters. The second-order valence-electron chi connectivity index (χ2n) is 4.04. The number of aromatic nitrogens is 1. The number of ether oxygens (including phenoxy) is 1. The van der Waals surface area contributed by atoms with Gasteiger partial charge in [0, 0.05) is 4.47 Å². The van der Waals surface area contributed by atoms with Crippen molar-refractivity contribution in [1.82, 2.24) is 5.16 Å². The molecular formula is C13H12BrNO4. The molecule has 0 bridgehead atoms. The van der Waals surface area contributed by atoms with E-state index in [0.29, 0.717) is 11.5 Å². The van der Waals surface area contributed by atoms with E-state index in [0.717, 1.165) is 15.7 Å². The summed E-state index contributed by atoms with van der Waals surface area (Å²) in [6.45, 7) is 3.82. The number of aromatic carboxylic acids is 1. The van der Waals surface area contributed by atoms with Crippen LogP contribution in [0.5, 0.6) is 5.75 Å². The second kappa shape index (κ2) is 5.44. The quantitative estimate of drug-likeness (QED) is 0.933. The first-order chi connectivity index (χ1) is 8.99. The second-order valence-corrected chi connectivity index (χ2v) is 4.95. The molecule has 1 heterocycles. The van der Waals surface area contributed by atoms with Crippen molar-refractivity contribution < 1.29 is 19.2 Å². The average molecular weight is 326 g/mol. The fourth-order valence-corrected chi connectivity index (χ4v) is 1.99. The van der Waals surface area contributed by atoms with Gasteiger partial charge in [0.1, 0.15) is 23.7 Å². The van der Waals surface area contributed by atoms with E-state index in [1.165, 1.54) is 6.07 Å². The predicted octanol–water partition coefficient (Wildman–Crippen LogP) is 3.33. The van der Waals surface area contributed by atoms with Crippen LogP contribution in [0.3, 0.4) is 0 Å². The summed E-state index contributed by atoms with van der Waals surface area (Å²) in [7, 11) is 0. The highest BCUT2D eigenvalue weighted by molar-refractivity contribution is 9.10. The third-order valence-corrected chi connectivity index (χ3v) is 3.22. The van der Waals surface area contributed by atoms with Crippen LogP contribution in [0.2, 0.25) is 0 Å². The van der Waals surface area contributed by atoms with Gasteiger partial charge in [0.25, 0.3) is 0 Å². The van der Waals surface area contributed by atoms with Crippen molar-refractivity contribution in [1.29, 1.82) is 0 Å². The van der Waals surface area contributed by atoms with Crippen LogP contribution in [0.1, 0.15) is 27.4 Å². The molecule has 0 saturated carbocycles. The van der Waals surface area contributed by atoms with Gasteiger partial charge in [0.15, 0.2) is 0 Å². The molecule has 0 fully saturated rings. The summed E-state index contributed by atoms with van der Waals surface area (Å²) >= 11 is 3.29. The van der Waals surface area contributed by atoms with E-state index >= 15 is 0 Å². The molecule has 1 N–H and O–H groups in total. The van der Waals surface area contributed by atoms with Crippen LogP contribution in [-0.4, -0.2) is 16.2 Å². The van der Waals surface area contributed by atoms with Crippen LogP contribution in [0.15, 0.2) is 27.2 Å². The van der Waals surface area contributed by atoms with E-state index in [1.807, 2.05) is 6.92 Å². The van der Waals surface area contributed by atoms with Gasteiger partial charge in [-0.15, -0.1) is 0 Å². The summed E-state index contributed by atoms with van der Waals surface area (Å²) in [5.41, 5.74) is 1.69. The molecular weight excluding hydrogens is 314 g/mol. The van der Waals surface area contributed by atoms with Gasteiger partial charge in [-0.25, -0.2) is 4.79 Å². The summed E-state index contributed by atoms with van der Waals surface area (Å²) < 4.78 is 11.4. The van der Waals surface area contributed by atoms with Crippen molar-refractivity contribution in [2.24, 2.45) is 0 Å². The summed E-state index contributed by atoms with van der Waals surface area (Å²) in [6.07, 6.45) is 0. The number of hydrogen-bond donors (Lipinski definition) is 1. The van der Waals surface area contributed by atoms with Gasteiger partial charge in [-0.2, -0.15) is 0 Å². The van der Waals surface area contributed by atoms with Gasteiger partial charge in [-0.1, -0.05) is 21.1 Å². The highest BCUT2D eigenvalue weighted by Crippen LogP contribution is 2.25. The maximum absolute atomic E-state index is 11.1. The Kier molecular flexibility index (Phi) is 3.90. The van der Waals surface area contributed by atoms with E-state index in [9.17, 15) is 4.79 Å². The van der Waals surface area contributed by atoms with Crippen molar-refractivity contribution in [2.45, 2.75) is 20.5 Å². The number of nitrogens with zero attached hydrogens (tertiary/aromatic N) is 1. The zero-order valence-electron chi connectivity index (χ0n) is 10.4. The summed E-state index contributed by atoms with van der Waals surface area (Å²) in [6, 6.07) is 4.78. The molecule has 0 aliphatic carbocycles. The van der Waals surface area contributed by atoms with Gasteiger partial charge in [-0.3, -0.25) is 0 Å². The molecule has 19 heavy (non-hydrogen) atoms. The van der Waals surface area contributed by atoms with Crippen molar-refractivity contribution >= 4 is 21.9 Å². The number of halogens is 1. The lowest BCUT2D eigenvalue weighted by Crippen LogP contribution is -2.04. The number of carboxylic acids is 1. The van der Waals surface area contributed by atoms with Crippen LogP contribution >= 0.6 is 15.9 Å². The molecule has 0 amide bonds. The number of rotatable bonds is 4. The lowest BCUT2D eigenvalue weighted by molar-refractivity contribution is 0.0691. The Labute approximate surface area is 118 Å². The molecule has 2 rings (SSSR count). The Balaban J connectivity index is 2.24. The molecule has 5 nitrogen and oxygen atoms in total. The fourth-order valence-electron chi connectivity index (χ4n) is 1.65. The summed E-state index contributed by atoms with van der Waals surface area (Å²) in [4.78, 5) is 11.1. The minimum atomic E-state index is -1.03. The van der Waals surface area contributed by atoms with Crippen molar-refractivity contribution in [3.8, 4) is 5.75 Å². The maximum atomic E-state index is 11.1. The van der Waals surface area contributed by atoms with Gasteiger partial charge in [0.05, 0.1) is 11.3 Å². The molecule has 6 heteroatoms. The first kappa shape index (κ1) is 13.6. The Hall–Kier alpha value is -1.82. The number of benzene rings is 1. The smallest absolute Gasteiger partial charge is 0.339 e. The largest absolute Gasteiger partial charge is 0.488 e. The summed E-state index contributed by atoms with van der Waals surface area (Å²) in [5.74, 6) is -0.0486. The van der Waals surface area contributed by atoms with Gasteiger partial charge >= 0.3 is 5.97 Å². The van der Waals surface area contributed by atoms with Crippen LogP contribution < -0.4 is 4.74 Å². The van der Waals surface area contributed by atoms with Gasteiger partial charge in [0.2, 0.25) is 0 Å². The lowest BCUT2D eigenvalue weighted by atomic mass is 10.2. The zero-order valence-corrected chi connectivity index (χ0v) is 12.0. The molecule has 1 aromatic carbocycles. The SMILES string of the molecule is Cc1noc(C)c1COc1cc(Br)ccc1C(=O)O. The standard InChI is InChI=1S/C13H12BrNO4/c1-7-11(8(2)19-15-7)6-18-12-5-9(14)3-4-10(12)13(16)17/h3-5H,6H2,1-2H3,(H,16,17). The Morgan fingerprint density at radius 2 is 2.21 bits per heavy atom. The van der Waals surface area contributed by atoms with Crippen LogP contribution in [0, 0.1) is 13.8 Å². The number of carbonyl (C=O) groups is 1. The Bertz CT molecular complexity index is 602. The molecule has 1 aromatic heterocycles. The molecule has 0 saturated heterocycles. The predicted molar refractivity (Wildman–Crippen MR) is 71.4 cm³/mol. The third kappa shape index (κ3) is 2.96. The van der Waals surface area contributed by atoms with Gasteiger partial charge < -0.3 is 14.4 Å². The molecule has 0 spiro atoms. The number of aryl methyl sites for hydroxylation is 2. The minimum Gasteiger partial charge on any atom is -0.488 e. The van der Waals surface area contributed by atoms with E-state index in [1.54, 1.807) is 19.1 Å². The highest BCUT2D eigenvalue weighted by atomic mass is 79.9. The summed E-state index contributed by atoms with van der Waals surface area (Å²) in [5, 5.41) is 12.9. The van der Waals surface area contributed by atoms with Gasteiger partial charge in [-0.05, 0) is 32.0 Å². The van der Waals surface area contributed by atoms with Crippen LogP contribution in [0.25, 0.3) is 0 Å². The third-order valence-electron chi connectivity index (χ3n) is 2.73. The molecule has 0 unspecified atom stereocenters. The van der Waals surface area contributed by atoms with E-state index < -0.39 is 5.97 Å². The number of carboxylic acid groups (broad SMARTS) is 1. The first-order valence-corrected chi connectivity index (χ1v) is 6.35. The highest BCUT2D eigenvalue weighted by Gasteiger charge is 2.14. The Morgan fingerprint density at radius 3 is 2.79 bits per heavy atom. The van der Waals surface area contributed by atoms with Crippen molar-refractivity contribution in [3.05, 3.63) is 45.3 Å². The maximum Gasteiger partial charge on any atom is 0.339 e. The van der Waals surface area contributed by atoms with Crippen LogP contribution in [-0.2, 0) is 6.61 Å². The molecule has 100 valence electrons. The minimum absolute atomic E-state index is 0.120. The van der Waals surface area contributed by atoms with E-state index in [4.69, 9.17) is 14.4 Å². The topological polar surface area (TPSA) is 72.6 Å². The number of hydrogen-bond acceptors (Lipinski definition) is 4. The molecule has 2 aromatic rings. The van der Waals surface area contributed by atoms with Crippen LogP contribution in [0.4, 0.5) is 0 Å². The average Bonchev–Trinajstić information content (AvgIpc) is 2.66. The Morgan fingerprint density at radius 1 is 1.47 bits per heavy atom. The normalized spacial score (nSPS) is 10.5. The van der Waals surface area contributed by atoms with E-state index in [2.05, 4.69) is 21.1 Å². The molecule has 0 aliphatic rings. The van der Waals surface area contributed by atoms with Crippen molar-refractivity contribution in [3.63, 3.8) is 0 Å². The fraction of sp³-hybridized carbons (Fsp3) is 0.231. The van der Waals surface area contributed by atoms with E-state index in [-0.39, 0.29) is 12.2 Å².